The minimum Gasteiger partial charge on any atom is -0.477 e. The molecule has 0 bridgehead atoms. The minimum atomic E-state index is -1.04. The number of nitrogens with zero attached hydrogens (tertiary/aromatic N) is 1. The van der Waals surface area contributed by atoms with E-state index in [0.29, 0.717) is 6.61 Å². The van der Waals surface area contributed by atoms with E-state index >= 15 is 0 Å². The van der Waals surface area contributed by atoms with Gasteiger partial charge in [0.1, 0.15) is 12.2 Å². The van der Waals surface area contributed by atoms with E-state index < -0.39 is 5.97 Å². The van der Waals surface area contributed by atoms with Crippen molar-refractivity contribution in [1.29, 1.82) is 0 Å². The van der Waals surface area contributed by atoms with Crippen LogP contribution in [-0.4, -0.2) is 41.3 Å². The number of carboxylic acids is 1. The molecule has 6 heteroatoms. The van der Waals surface area contributed by atoms with Gasteiger partial charge >= 0.3 is 5.97 Å². The van der Waals surface area contributed by atoms with E-state index in [4.69, 9.17) is 9.84 Å². The molecule has 6 nitrogen and oxygen atoms in total. The molecule has 18 heavy (non-hydrogen) atoms. The maximum absolute atomic E-state index is 11.7. The molecule has 0 fully saturated rings. The summed E-state index contributed by atoms with van der Waals surface area (Å²) in [6.45, 7) is 2.39. The molecule has 2 N–H and O–H groups in total. The first-order chi connectivity index (χ1) is 8.58. The van der Waals surface area contributed by atoms with E-state index in [0.717, 1.165) is 6.42 Å². The average Bonchev–Trinajstić information content (AvgIpc) is 2.76. The Kier molecular flexibility index (Phi) is 5.38. The lowest BCUT2D eigenvalue weighted by Crippen LogP contribution is -2.39. The van der Waals surface area contributed by atoms with Crippen LogP contribution >= 0.6 is 0 Å². The molecule has 1 unspecified atom stereocenters. The number of carbonyl (C=O) groups excluding carboxylic acids is 1. The molecule has 0 aliphatic heterocycles. The van der Waals surface area contributed by atoms with Gasteiger partial charge in [-0.3, -0.25) is 4.79 Å². The standard InChI is InChI=1S/C12H18N2O4/c1-3-9(8-18-2)13-11(15)7-14-6-4-5-10(14)12(16)17/h4-6,9H,3,7-8H2,1-2H3,(H,13,15)(H,16,17). The van der Waals surface area contributed by atoms with Gasteiger partial charge in [0.2, 0.25) is 5.91 Å². The van der Waals surface area contributed by atoms with Crippen LogP contribution in [0.3, 0.4) is 0 Å². The Labute approximate surface area is 106 Å². The van der Waals surface area contributed by atoms with Crippen LogP contribution < -0.4 is 5.32 Å². The molecular formula is C12H18N2O4. The topological polar surface area (TPSA) is 80.6 Å². The van der Waals surface area contributed by atoms with Crippen LogP contribution in [0.25, 0.3) is 0 Å². The fraction of sp³-hybridized carbons (Fsp3) is 0.500. The van der Waals surface area contributed by atoms with Crippen LogP contribution in [0.1, 0.15) is 23.8 Å². The summed E-state index contributed by atoms with van der Waals surface area (Å²) in [4.78, 5) is 22.6. The molecule has 1 atom stereocenters. The lowest BCUT2D eigenvalue weighted by atomic mass is 10.2. The third kappa shape index (κ3) is 3.89. The SMILES string of the molecule is CCC(COC)NC(=O)Cn1cccc1C(=O)O. The molecule has 1 heterocycles. The fourth-order valence-corrected chi connectivity index (χ4v) is 1.64. The zero-order valence-corrected chi connectivity index (χ0v) is 10.5. The predicted molar refractivity (Wildman–Crippen MR) is 65.5 cm³/mol. The summed E-state index contributed by atoms with van der Waals surface area (Å²) in [6.07, 6.45) is 2.33. The third-order valence-corrected chi connectivity index (χ3v) is 2.59. The Balaban J connectivity index is 2.58. The molecule has 0 spiro atoms. The second kappa shape index (κ2) is 6.80. The van der Waals surface area contributed by atoms with Gasteiger partial charge in [0.25, 0.3) is 0 Å². The largest absolute Gasteiger partial charge is 0.477 e. The highest BCUT2D eigenvalue weighted by Crippen LogP contribution is 2.02. The van der Waals surface area contributed by atoms with E-state index in [1.807, 2.05) is 6.92 Å². The van der Waals surface area contributed by atoms with Gasteiger partial charge in [-0.1, -0.05) is 6.92 Å². The molecule has 1 rings (SSSR count). The second-order valence-electron chi connectivity index (χ2n) is 3.95. The number of carbonyl (C=O) groups is 2. The van der Waals surface area contributed by atoms with Crippen molar-refractivity contribution >= 4 is 11.9 Å². The first kappa shape index (κ1) is 14.2. The number of methoxy groups -OCH3 is 1. The van der Waals surface area contributed by atoms with Crippen LogP contribution in [0.5, 0.6) is 0 Å². The van der Waals surface area contributed by atoms with Crippen LogP contribution in [-0.2, 0) is 16.1 Å². The first-order valence-electron chi connectivity index (χ1n) is 5.75. The summed E-state index contributed by atoms with van der Waals surface area (Å²) in [5, 5.41) is 11.7. The molecule has 100 valence electrons. The number of aromatic carboxylic acids is 1. The quantitative estimate of drug-likeness (QED) is 0.751. The van der Waals surface area contributed by atoms with Gasteiger partial charge in [0, 0.05) is 13.3 Å². The van der Waals surface area contributed by atoms with E-state index in [2.05, 4.69) is 5.32 Å². The van der Waals surface area contributed by atoms with Crippen molar-refractivity contribution in [1.82, 2.24) is 9.88 Å². The van der Waals surface area contributed by atoms with Crippen LogP contribution in [0, 0.1) is 0 Å². The van der Waals surface area contributed by atoms with Crippen molar-refractivity contribution in [2.45, 2.75) is 25.9 Å². The maximum Gasteiger partial charge on any atom is 0.352 e. The van der Waals surface area contributed by atoms with Crippen molar-refractivity contribution in [3.05, 3.63) is 24.0 Å². The molecular weight excluding hydrogens is 236 g/mol. The highest BCUT2D eigenvalue weighted by molar-refractivity contribution is 5.86. The van der Waals surface area contributed by atoms with Gasteiger partial charge in [-0.05, 0) is 18.6 Å². The smallest absolute Gasteiger partial charge is 0.352 e. The number of hydrogen-bond acceptors (Lipinski definition) is 3. The van der Waals surface area contributed by atoms with Crippen LogP contribution in [0.2, 0.25) is 0 Å². The Bertz CT molecular complexity index is 414. The van der Waals surface area contributed by atoms with E-state index in [-0.39, 0.29) is 24.2 Å². The normalized spacial score (nSPS) is 12.1. The second-order valence-corrected chi connectivity index (χ2v) is 3.95. The highest BCUT2D eigenvalue weighted by atomic mass is 16.5. The summed E-state index contributed by atoms with van der Waals surface area (Å²) in [5.74, 6) is -1.27. The first-order valence-corrected chi connectivity index (χ1v) is 5.75. The van der Waals surface area contributed by atoms with Crippen molar-refractivity contribution in [2.24, 2.45) is 0 Å². The molecule has 1 amide bonds. The van der Waals surface area contributed by atoms with Gasteiger partial charge in [-0.2, -0.15) is 0 Å². The van der Waals surface area contributed by atoms with Gasteiger partial charge in [0.05, 0.1) is 12.6 Å². The predicted octanol–water partition coefficient (Wildman–Crippen LogP) is 0.727. The zero-order chi connectivity index (χ0) is 13.5. The number of aromatic nitrogens is 1. The number of rotatable bonds is 7. The third-order valence-electron chi connectivity index (χ3n) is 2.59. The van der Waals surface area contributed by atoms with E-state index in [1.54, 1.807) is 19.4 Å². The molecule has 0 radical (unpaired) electrons. The Morgan fingerprint density at radius 3 is 2.83 bits per heavy atom. The van der Waals surface area contributed by atoms with Gasteiger partial charge in [-0.25, -0.2) is 4.79 Å². The monoisotopic (exact) mass is 254 g/mol. The van der Waals surface area contributed by atoms with Crippen molar-refractivity contribution < 1.29 is 19.4 Å². The van der Waals surface area contributed by atoms with Gasteiger partial charge in [0.15, 0.2) is 0 Å². The lowest BCUT2D eigenvalue weighted by Gasteiger charge is -2.16. The number of nitrogens with one attached hydrogen (secondary N) is 1. The fourth-order valence-electron chi connectivity index (χ4n) is 1.64. The molecule has 1 aromatic rings. The molecule has 0 saturated heterocycles. The highest BCUT2D eigenvalue weighted by Gasteiger charge is 2.14. The number of carboxylic acid groups (broad SMARTS) is 1. The van der Waals surface area contributed by atoms with Crippen LogP contribution in [0.15, 0.2) is 18.3 Å². The summed E-state index contributed by atoms with van der Waals surface area (Å²) in [7, 11) is 1.57. The number of ether oxygens (including phenoxy) is 1. The Morgan fingerprint density at radius 2 is 2.28 bits per heavy atom. The summed E-state index contributed by atoms with van der Waals surface area (Å²) < 4.78 is 6.38. The van der Waals surface area contributed by atoms with Gasteiger partial charge in [-0.15, -0.1) is 0 Å². The van der Waals surface area contributed by atoms with Crippen LogP contribution in [0.4, 0.5) is 0 Å². The maximum atomic E-state index is 11.7. The number of amides is 1. The zero-order valence-electron chi connectivity index (χ0n) is 10.5. The van der Waals surface area contributed by atoms with E-state index in [9.17, 15) is 9.59 Å². The van der Waals surface area contributed by atoms with Gasteiger partial charge < -0.3 is 19.7 Å². The van der Waals surface area contributed by atoms with Crippen molar-refractivity contribution in [3.63, 3.8) is 0 Å². The molecule has 0 aliphatic rings. The molecule has 1 aromatic heterocycles. The molecule has 0 aromatic carbocycles. The lowest BCUT2D eigenvalue weighted by molar-refractivity contribution is -0.122. The average molecular weight is 254 g/mol. The Hall–Kier alpha value is -1.82. The van der Waals surface area contributed by atoms with Crippen molar-refractivity contribution in [2.75, 3.05) is 13.7 Å². The molecule has 0 aliphatic carbocycles. The van der Waals surface area contributed by atoms with Crippen molar-refractivity contribution in [3.8, 4) is 0 Å². The number of hydrogen-bond donors (Lipinski definition) is 2. The molecule has 0 saturated carbocycles. The summed E-state index contributed by atoms with van der Waals surface area (Å²) >= 11 is 0. The summed E-state index contributed by atoms with van der Waals surface area (Å²) in [5.41, 5.74) is 0.102. The Morgan fingerprint density at radius 1 is 1.56 bits per heavy atom. The minimum absolute atomic E-state index is 0.00511. The van der Waals surface area contributed by atoms with E-state index in [1.165, 1.54) is 10.6 Å². The summed E-state index contributed by atoms with van der Waals surface area (Å²) in [6, 6.07) is 3.01.